The molecule has 3 aromatic rings. The third-order valence-electron chi connectivity index (χ3n) is 6.05. The quantitative estimate of drug-likeness (QED) is 0.169. The van der Waals surface area contributed by atoms with Crippen molar-refractivity contribution in [2.45, 2.75) is 35.3 Å². The number of aryl methyl sites for hydroxylation is 1. The third-order valence-corrected chi connectivity index (χ3v) is 8.57. The molecule has 4 rings (SSSR count). The molecule has 1 amide bonds. The number of nitro groups is 1. The van der Waals surface area contributed by atoms with Crippen LogP contribution in [0.1, 0.15) is 25.2 Å². The van der Waals surface area contributed by atoms with Crippen molar-refractivity contribution in [3.05, 3.63) is 64.5 Å². The van der Waals surface area contributed by atoms with E-state index in [1.807, 2.05) is 0 Å². The second kappa shape index (κ2) is 11.0. The van der Waals surface area contributed by atoms with Crippen molar-refractivity contribution in [3.8, 4) is 17.1 Å². The van der Waals surface area contributed by atoms with E-state index in [2.05, 4.69) is 10.1 Å². The minimum atomic E-state index is -4.11. The number of hydrogen-bond donors (Lipinski definition) is 2. The van der Waals surface area contributed by atoms with E-state index in [0.29, 0.717) is 30.0 Å². The molecule has 196 valence electrons. The van der Waals surface area contributed by atoms with Gasteiger partial charge in [-0.05, 0) is 43.5 Å². The lowest BCUT2D eigenvalue weighted by molar-refractivity contribution is -0.384. The number of amides is 1. The van der Waals surface area contributed by atoms with Crippen LogP contribution in [0.5, 0.6) is 5.75 Å². The highest BCUT2D eigenvalue weighted by Crippen LogP contribution is 2.35. The topological polar surface area (TPSA) is 184 Å². The zero-order valence-electron chi connectivity index (χ0n) is 19.5. The molecule has 13 nitrogen and oxygen atoms in total. The number of carbonyl (C=O) groups is 1. The first-order valence-electron chi connectivity index (χ1n) is 11.3. The molecule has 0 spiro atoms. The van der Waals surface area contributed by atoms with Crippen LogP contribution < -0.4 is 10.2 Å². The molecule has 0 unspecified atom stereocenters. The summed E-state index contributed by atoms with van der Waals surface area (Å²) >= 11 is 0. The summed E-state index contributed by atoms with van der Waals surface area (Å²) in [6.45, 7) is 0.441. The summed E-state index contributed by atoms with van der Waals surface area (Å²) in [4.78, 5) is 27.0. The highest BCUT2D eigenvalue weighted by molar-refractivity contribution is 7.93. The molecule has 2 heterocycles. The van der Waals surface area contributed by atoms with Crippen LogP contribution in [0, 0.1) is 10.1 Å². The second-order valence-corrected chi connectivity index (χ2v) is 10.6. The van der Waals surface area contributed by atoms with Gasteiger partial charge in [0.2, 0.25) is 11.7 Å². The number of nitrogens with one attached hydrogen (secondary N) is 1. The lowest BCUT2D eigenvalue weighted by atomic mass is 9.98. The van der Waals surface area contributed by atoms with Crippen molar-refractivity contribution in [2.75, 3.05) is 19.8 Å². The average Bonchev–Trinajstić information content (AvgIpc) is 3.40. The molecule has 0 aliphatic carbocycles. The van der Waals surface area contributed by atoms with E-state index in [1.165, 1.54) is 41.9 Å². The van der Waals surface area contributed by atoms with Crippen LogP contribution in [-0.2, 0) is 25.8 Å². The average molecular weight is 533 g/mol. The Labute approximate surface area is 211 Å². The number of rotatable bonds is 10. The van der Waals surface area contributed by atoms with Crippen LogP contribution >= 0.6 is 0 Å². The van der Waals surface area contributed by atoms with Gasteiger partial charge in [-0.25, -0.2) is 13.9 Å². The smallest absolute Gasteiger partial charge is 0.270 e. The molecule has 0 radical (unpaired) electrons. The van der Waals surface area contributed by atoms with Gasteiger partial charge in [-0.1, -0.05) is 17.3 Å². The Bertz CT molecular complexity index is 1370. The molecule has 1 aliphatic heterocycles. The highest BCUT2D eigenvalue weighted by Gasteiger charge is 2.52. The number of hydrogen-bond acceptors (Lipinski definition) is 11. The Morgan fingerprint density at radius 2 is 1.92 bits per heavy atom. The van der Waals surface area contributed by atoms with Gasteiger partial charge < -0.3 is 14.0 Å². The van der Waals surface area contributed by atoms with Crippen LogP contribution in [0.2, 0.25) is 0 Å². The van der Waals surface area contributed by atoms with E-state index in [9.17, 15) is 23.3 Å². The number of benzene rings is 2. The van der Waals surface area contributed by atoms with Crippen molar-refractivity contribution in [1.82, 2.24) is 15.6 Å². The summed E-state index contributed by atoms with van der Waals surface area (Å²) in [5, 5.41) is 23.9. The number of carbonyl (C=O) groups excluding carboxylic acids is 1. The predicted molar refractivity (Wildman–Crippen MR) is 127 cm³/mol. The first-order chi connectivity index (χ1) is 17.8. The fraction of sp³-hybridized carbons (Fsp3) is 0.348. The summed E-state index contributed by atoms with van der Waals surface area (Å²) in [5.41, 5.74) is 1.88. The van der Waals surface area contributed by atoms with Crippen LogP contribution in [-0.4, -0.2) is 59.2 Å². The van der Waals surface area contributed by atoms with Crippen LogP contribution in [0.4, 0.5) is 5.69 Å². The van der Waals surface area contributed by atoms with E-state index in [1.54, 1.807) is 12.1 Å². The Morgan fingerprint density at radius 1 is 1.19 bits per heavy atom. The van der Waals surface area contributed by atoms with Gasteiger partial charge in [0.1, 0.15) is 5.75 Å². The Kier molecular flexibility index (Phi) is 7.80. The fourth-order valence-corrected chi connectivity index (χ4v) is 5.95. The molecule has 1 fully saturated rings. The Morgan fingerprint density at radius 3 is 2.59 bits per heavy atom. The van der Waals surface area contributed by atoms with E-state index in [0.717, 1.165) is 0 Å². The maximum Gasteiger partial charge on any atom is 0.270 e. The Balaban J connectivity index is 1.34. The van der Waals surface area contributed by atoms with Crippen molar-refractivity contribution in [2.24, 2.45) is 0 Å². The second-order valence-electron chi connectivity index (χ2n) is 8.29. The van der Waals surface area contributed by atoms with E-state index in [4.69, 9.17) is 19.2 Å². The molecule has 2 aromatic carbocycles. The van der Waals surface area contributed by atoms with Crippen LogP contribution in [0.25, 0.3) is 11.4 Å². The van der Waals surface area contributed by atoms with Crippen molar-refractivity contribution >= 4 is 21.4 Å². The lowest BCUT2D eigenvalue weighted by Crippen LogP contribution is -2.54. The number of hydroxylamine groups is 1. The number of ether oxygens (including phenoxy) is 2. The minimum absolute atomic E-state index is 0.0649. The summed E-state index contributed by atoms with van der Waals surface area (Å²) < 4.78 is 40.8. The molecule has 14 heteroatoms. The monoisotopic (exact) mass is 532 g/mol. The minimum Gasteiger partial charge on any atom is -0.494 e. The molecule has 1 saturated heterocycles. The molecule has 1 aliphatic rings. The summed E-state index contributed by atoms with van der Waals surface area (Å²) in [7, 11) is -4.11. The van der Waals surface area contributed by atoms with Gasteiger partial charge in [0.05, 0.1) is 16.4 Å². The highest BCUT2D eigenvalue weighted by atomic mass is 32.2. The van der Waals surface area contributed by atoms with Gasteiger partial charge in [-0.3, -0.25) is 20.1 Å². The number of non-ortho nitro benzene ring substituents is 1. The van der Waals surface area contributed by atoms with E-state index >= 15 is 0 Å². The Hall–Kier alpha value is -3.88. The fourth-order valence-electron chi connectivity index (χ4n) is 4.01. The first kappa shape index (κ1) is 26.2. The molecule has 0 saturated carbocycles. The van der Waals surface area contributed by atoms with Crippen LogP contribution in [0.15, 0.2) is 57.9 Å². The maximum atomic E-state index is 13.3. The number of aromatic nitrogens is 2. The van der Waals surface area contributed by atoms with Gasteiger partial charge in [0.15, 0.2) is 14.6 Å². The molecular formula is C23H24N4O9S. The molecule has 2 N–H and O–H groups in total. The molecule has 1 aromatic heterocycles. The first-order valence-corrected chi connectivity index (χ1v) is 12.8. The van der Waals surface area contributed by atoms with Crippen molar-refractivity contribution in [3.63, 3.8) is 0 Å². The molecule has 37 heavy (non-hydrogen) atoms. The van der Waals surface area contributed by atoms with E-state index < -0.39 is 25.4 Å². The number of nitro benzene ring substituents is 1. The van der Waals surface area contributed by atoms with Gasteiger partial charge in [-0.2, -0.15) is 4.98 Å². The lowest BCUT2D eigenvalue weighted by Gasteiger charge is -2.34. The zero-order valence-corrected chi connectivity index (χ0v) is 20.3. The summed E-state index contributed by atoms with van der Waals surface area (Å²) in [5.74, 6) is 0.0317. The van der Waals surface area contributed by atoms with Gasteiger partial charge in [-0.15, -0.1) is 0 Å². The van der Waals surface area contributed by atoms with Gasteiger partial charge in [0.25, 0.3) is 11.6 Å². The summed E-state index contributed by atoms with van der Waals surface area (Å²) in [6.07, 6.45) is 0.767. The maximum absolute atomic E-state index is 13.3. The predicted octanol–water partition coefficient (Wildman–Crippen LogP) is 2.48. The number of nitrogens with zero attached hydrogens (tertiary/aromatic N) is 3. The van der Waals surface area contributed by atoms with Crippen molar-refractivity contribution < 1.29 is 37.3 Å². The molecule has 0 bridgehead atoms. The zero-order chi connectivity index (χ0) is 26.5. The SMILES string of the molecule is O=C(NO)C1(S(=O)(=O)c2ccc(OCCCc3nc(-c4cccc([N+](=O)[O-])c4)no3)cc2)CCOCC1. The molecule has 0 atom stereocenters. The number of sulfone groups is 1. The van der Waals surface area contributed by atoms with Gasteiger partial charge in [0, 0.05) is 37.3 Å². The standard InChI is InChI=1S/C23H24N4O9S/c28-22(25-29)23(10-13-34-14-11-23)37(32,33)19-8-6-18(7-9-19)35-12-2-5-20-24-21(26-36-20)16-3-1-4-17(15-16)27(30)31/h1,3-4,6-9,15,29H,2,5,10-14H2,(H,25,28). The summed E-state index contributed by atoms with van der Waals surface area (Å²) in [6, 6.07) is 11.6. The molecular weight excluding hydrogens is 508 g/mol. The normalized spacial score (nSPS) is 15.2. The largest absolute Gasteiger partial charge is 0.494 e. The van der Waals surface area contributed by atoms with E-state index in [-0.39, 0.29) is 49.1 Å². The van der Waals surface area contributed by atoms with Crippen LogP contribution in [0.3, 0.4) is 0 Å². The van der Waals surface area contributed by atoms with Crippen molar-refractivity contribution in [1.29, 1.82) is 0 Å². The van der Waals surface area contributed by atoms with Gasteiger partial charge >= 0.3 is 0 Å². The third kappa shape index (κ3) is 5.45.